The quantitative estimate of drug-likeness (QED) is 0.560. The topological polar surface area (TPSA) is 35.5 Å². The van der Waals surface area contributed by atoms with E-state index in [-0.39, 0.29) is 17.2 Å². The molecule has 1 aliphatic rings. The van der Waals surface area contributed by atoms with Crippen molar-refractivity contribution in [3.05, 3.63) is 24.0 Å². The van der Waals surface area contributed by atoms with Crippen molar-refractivity contribution in [1.82, 2.24) is 0 Å². The summed E-state index contributed by atoms with van der Waals surface area (Å²) >= 11 is 0. The number of carbonyl (C=O) groups excluding carboxylic acids is 1. The molecule has 0 aromatic heterocycles. The fourth-order valence-electron chi connectivity index (χ4n) is 1.73. The molecule has 0 bridgehead atoms. The first-order valence-corrected chi connectivity index (χ1v) is 6.41. The molecular formula is C13H21O3P. The summed E-state index contributed by atoms with van der Waals surface area (Å²) < 4.78 is 10.5. The van der Waals surface area contributed by atoms with E-state index >= 15 is 0 Å². The molecule has 0 radical (unpaired) electrons. The fraction of sp³-hybridized carbons (Fsp3) is 0.615. The minimum Gasteiger partial charge on any atom is -0.488 e. The maximum absolute atomic E-state index is 11.1. The van der Waals surface area contributed by atoms with Crippen LogP contribution in [0.4, 0.5) is 0 Å². The van der Waals surface area contributed by atoms with Gasteiger partial charge in [0, 0.05) is 12.3 Å². The van der Waals surface area contributed by atoms with Crippen LogP contribution in [-0.4, -0.2) is 18.4 Å². The molecule has 0 amide bonds. The van der Waals surface area contributed by atoms with E-state index in [1.165, 1.54) is 7.11 Å². The lowest BCUT2D eigenvalue weighted by Gasteiger charge is -2.29. The summed E-state index contributed by atoms with van der Waals surface area (Å²) in [6.45, 7) is 3.99. The molecule has 0 aromatic rings. The van der Waals surface area contributed by atoms with Crippen LogP contribution in [0.3, 0.4) is 0 Å². The van der Waals surface area contributed by atoms with Crippen LogP contribution in [0.5, 0.6) is 0 Å². The highest BCUT2D eigenvalue weighted by atomic mass is 31.0. The van der Waals surface area contributed by atoms with Crippen molar-refractivity contribution >= 4 is 15.2 Å². The van der Waals surface area contributed by atoms with Gasteiger partial charge in [-0.3, -0.25) is 4.79 Å². The second-order valence-electron chi connectivity index (χ2n) is 4.75. The predicted octanol–water partition coefficient (Wildman–Crippen LogP) is 3.03. The van der Waals surface area contributed by atoms with E-state index in [0.717, 1.165) is 18.6 Å². The zero-order valence-electron chi connectivity index (χ0n) is 10.7. The lowest BCUT2D eigenvalue weighted by Crippen LogP contribution is -2.20. The second kappa shape index (κ2) is 6.20. The highest BCUT2D eigenvalue weighted by Crippen LogP contribution is 2.32. The van der Waals surface area contributed by atoms with Gasteiger partial charge < -0.3 is 9.47 Å². The van der Waals surface area contributed by atoms with Crippen molar-refractivity contribution in [1.29, 1.82) is 0 Å². The van der Waals surface area contributed by atoms with Crippen molar-refractivity contribution in [2.24, 2.45) is 5.92 Å². The molecule has 1 rings (SSSR count). The third-order valence-electron chi connectivity index (χ3n) is 2.53. The molecule has 1 aliphatic carbocycles. The van der Waals surface area contributed by atoms with E-state index < -0.39 is 0 Å². The summed E-state index contributed by atoms with van der Waals surface area (Å²) in [6, 6.07) is 0. The molecule has 0 saturated carbocycles. The molecule has 2 unspecified atom stereocenters. The van der Waals surface area contributed by atoms with Gasteiger partial charge in [-0.2, -0.15) is 0 Å². The first-order chi connectivity index (χ1) is 7.92. The van der Waals surface area contributed by atoms with Gasteiger partial charge in [-0.25, -0.2) is 0 Å². The second-order valence-corrected chi connectivity index (χ2v) is 6.14. The zero-order chi connectivity index (χ0) is 12.9. The summed E-state index contributed by atoms with van der Waals surface area (Å²) in [6.07, 6.45) is 8.21. The Balaban J connectivity index is 2.56. The van der Waals surface area contributed by atoms with E-state index in [4.69, 9.17) is 4.74 Å². The Kier molecular flexibility index (Phi) is 5.20. The van der Waals surface area contributed by atoms with Crippen LogP contribution >= 0.6 is 9.24 Å². The molecule has 0 aromatic carbocycles. The Labute approximate surface area is 105 Å². The van der Waals surface area contributed by atoms with E-state index in [1.54, 1.807) is 0 Å². The van der Waals surface area contributed by atoms with Crippen molar-refractivity contribution in [3.8, 4) is 0 Å². The predicted molar refractivity (Wildman–Crippen MR) is 71.5 cm³/mol. The van der Waals surface area contributed by atoms with Crippen LogP contribution in [0.1, 0.15) is 33.1 Å². The standard InChI is InChI=1S/C13H21O3P/c1-13(2,17)16-11-7-5-4-6-10(11)8-9-12(14)15-3/h4-5,7,10H,6,8-9,17H2,1-3H3. The zero-order valence-corrected chi connectivity index (χ0v) is 11.9. The molecule has 0 N–H and O–H groups in total. The molecule has 17 heavy (non-hydrogen) atoms. The van der Waals surface area contributed by atoms with E-state index in [1.807, 2.05) is 26.0 Å². The van der Waals surface area contributed by atoms with Crippen LogP contribution in [0, 0.1) is 5.92 Å². The van der Waals surface area contributed by atoms with Crippen LogP contribution in [-0.2, 0) is 14.3 Å². The Morgan fingerprint density at radius 2 is 2.29 bits per heavy atom. The molecule has 0 fully saturated rings. The van der Waals surface area contributed by atoms with Gasteiger partial charge in [0.15, 0.2) is 0 Å². The number of esters is 1. The smallest absolute Gasteiger partial charge is 0.305 e. The Hall–Kier alpha value is -0.820. The number of carbonyl (C=O) groups is 1. The van der Waals surface area contributed by atoms with E-state index in [2.05, 4.69) is 20.1 Å². The number of rotatable bonds is 5. The fourth-order valence-corrected chi connectivity index (χ4v) is 1.87. The molecule has 4 heteroatoms. The normalized spacial score (nSPS) is 19.8. The van der Waals surface area contributed by atoms with Crippen LogP contribution in [0.25, 0.3) is 0 Å². The molecule has 0 spiro atoms. The molecule has 0 saturated heterocycles. The maximum Gasteiger partial charge on any atom is 0.305 e. The van der Waals surface area contributed by atoms with Crippen molar-refractivity contribution < 1.29 is 14.3 Å². The van der Waals surface area contributed by atoms with Crippen LogP contribution in [0.15, 0.2) is 24.0 Å². The van der Waals surface area contributed by atoms with Gasteiger partial charge in [-0.1, -0.05) is 21.4 Å². The van der Waals surface area contributed by atoms with Crippen LogP contribution in [0.2, 0.25) is 0 Å². The Bertz CT molecular complexity index is 326. The van der Waals surface area contributed by atoms with Gasteiger partial charge in [-0.15, -0.1) is 0 Å². The number of hydrogen-bond acceptors (Lipinski definition) is 3. The van der Waals surface area contributed by atoms with E-state index in [9.17, 15) is 4.79 Å². The van der Waals surface area contributed by atoms with Gasteiger partial charge in [0.1, 0.15) is 11.1 Å². The van der Waals surface area contributed by atoms with Gasteiger partial charge in [0.25, 0.3) is 0 Å². The summed E-state index contributed by atoms with van der Waals surface area (Å²) in [5, 5.41) is -0.277. The number of hydrogen-bond donors (Lipinski definition) is 0. The summed E-state index contributed by atoms with van der Waals surface area (Å²) in [4.78, 5) is 11.1. The van der Waals surface area contributed by atoms with Gasteiger partial charge in [0.2, 0.25) is 0 Å². The highest BCUT2D eigenvalue weighted by molar-refractivity contribution is 7.18. The van der Waals surface area contributed by atoms with Crippen molar-refractivity contribution in [3.63, 3.8) is 0 Å². The molecular weight excluding hydrogens is 235 g/mol. The number of ether oxygens (including phenoxy) is 2. The summed E-state index contributed by atoms with van der Waals surface area (Å²) in [5.74, 6) is 1.07. The first kappa shape index (κ1) is 14.2. The number of methoxy groups -OCH3 is 1. The van der Waals surface area contributed by atoms with Crippen LogP contribution < -0.4 is 0 Å². The molecule has 3 nitrogen and oxygen atoms in total. The van der Waals surface area contributed by atoms with Gasteiger partial charge in [0.05, 0.1) is 7.11 Å². The first-order valence-electron chi connectivity index (χ1n) is 5.84. The van der Waals surface area contributed by atoms with E-state index in [0.29, 0.717) is 6.42 Å². The van der Waals surface area contributed by atoms with Crippen molar-refractivity contribution in [2.75, 3.05) is 7.11 Å². The largest absolute Gasteiger partial charge is 0.488 e. The summed E-state index contributed by atoms with van der Waals surface area (Å²) in [7, 11) is 4.08. The highest BCUT2D eigenvalue weighted by Gasteiger charge is 2.22. The molecule has 2 atom stereocenters. The minimum absolute atomic E-state index is 0.163. The minimum atomic E-state index is -0.277. The Morgan fingerprint density at radius 1 is 1.59 bits per heavy atom. The average molecular weight is 256 g/mol. The van der Waals surface area contributed by atoms with Crippen molar-refractivity contribution in [2.45, 2.75) is 38.5 Å². The third kappa shape index (κ3) is 5.36. The monoisotopic (exact) mass is 256 g/mol. The van der Waals surface area contributed by atoms with Gasteiger partial charge in [-0.05, 0) is 32.8 Å². The lowest BCUT2D eigenvalue weighted by atomic mass is 9.93. The maximum atomic E-state index is 11.1. The molecule has 0 aliphatic heterocycles. The lowest BCUT2D eigenvalue weighted by molar-refractivity contribution is -0.140. The van der Waals surface area contributed by atoms with Gasteiger partial charge >= 0.3 is 5.97 Å². The third-order valence-corrected chi connectivity index (χ3v) is 2.64. The summed E-state index contributed by atoms with van der Waals surface area (Å²) in [5.41, 5.74) is 0. The number of allylic oxidation sites excluding steroid dienone is 4. The average Bonchev–Trinajstić information content (AvgIpc) is 2.25. The molecule has 96 valence electrons. The molecule has 0 heterocycles. The SMILES string of the molecule is COC(=O)CCC1CC=CC=C1OC(C)(C)P. The Morgan fingerprint density at radius 3 is 2.88 bits per heavy atom.